The number of methoxy groups -OCH3 is 2. The predicted octanol–water partition coefficient (Wildman–Crippen LogP) is 2.81. The highest BCUT2D eigenvalue weighted by Crippen LogP contribution is 2.43. The summed E-state index contributed by atoms with van der Waals surface area (Å²) in [6.45, 7) is 0. The van der Waals surface area contributed by atoms with Crippen LogP contribution in [-0.2, 0) is 0 Å². The maximum atomic E-state index is 11.7. The number of aromatic carboxylic acids is 1. The number of benzene rings is 2. The van der Waals surface area contributed by atoms with Crippen molar-refractivity contribution >= 4 is 17.3 Å². The summed E-state index contributed by atoms with van der Waals surface area (Å²) in [5.74, 6) is -0.477. The fourth-order valence-corrected chi connectivity index (χ4v) is 2.67. The highest BCUT2D eigenvalue weighted by Gasteiger charge is 2.31. The van der Waals surface area contributed by atoms with Crippen LogP contribution in [0.2, 0.25) is 0 Å². The molecule has 0 saturated heterocycles. The lowest BCUT2D eigenvalue weighted by Gasteiger charge is -2.18. The average molecular weight is 346 g/mol. The Balaban J connectivity index is 2.03. The van der Waals surface area contributed by atoms with Gasteiger partial charge in [0.25, 0.3) is 5.69 Å². The van der Waals surface area contributed by atoms with Gasteiger partial charge in [-0.05, 0) is 18.2 Å². The van der Waals surface area contributed by atoms with Gasteiger partial charge in [-0.15, -0.1) is 0 Å². The number of nitro groups is 1. The van der Waals surface area contributed by atoms with E-state index in [0.29, 0.717) is 17.0 Å². The van der Waals surface area contributed by atoms with Gasteiger partial charge in [0.05, 0.1) is 24.8 Å². The molecule has 2 aromatic rings. The molecule has 0 bridgehead atoms. The lowest BCUT2D eigenvalue weighted by atomic mass is 10.0. The molecule has 1 aliphatic rings. The van der Waals surface area contributed by atoms with Crippen molar-refractivity contribution in [3.8, 4) is 17.2 Å². The Morgan fingerprint density at radius 2 is 2.04 bits per heavy atom. The molecule has 0 aliphatic carbocycles. The molecular weight excluding hydrogens is 332 g/mol. The Bertz CT molecular complexity index is 866. The SMILES string of the molecule is COc1ccc([C@@H]2Nc3cc([N+](=O)[O-])ccc3O2)c(C(=O)O)c1OC. The van der Waals surface area contributed by atoms with Gasteiger partial charge < -0.3 is 24.6 Å². The number of non-ortho nitro benzene ring substituents is 1. The van der Waals surface area contributed by atoms with Crippen LogP contribution in [0.1, 0.15) is 22.1 Å². The van der Waals surface area contributed by atoms with Crippen molar-refractivity contribution in [2.45, 2.75) is 6.23 Å². The predicted molar refractivity (Wildman–Crippen MR) is 86.6 cm³/mol. The Morgan fingerprint density at radius 3 is 2.64 bits per heavy atom. The van der Waals surface area contributed by atoms with Crippen LogP contribution < -0.4 is 19.5 Å². The molecular formula is C16H14N2O7. The smallest absolute Gasteiger partial charge is 0.340 e. The molecule has 25 heavy (non-hydrogen) atoms. The first-order valence-electron chi connectivity index (χ1n) is 7.16. The third kappa shape index (κ3) is 2.75. The van der Waals surface area contributed by atoms with Crippen LogP contribution in [0.4, 0.5) is 11.4 Å². The van der Waals surface area contributed by atoms with Crippen molar-refractivity contribution in [1.29, 1.82) is 0 Å². The van der Waals surface area contributed by atoms with Crippen molar-refractivity contribution in [3.05, 3.63) is 51.6 Å². The minimum atomic E-state index is -1.21. The van der Waals surface area contributed by atoms with E-state index in [1.54, 1.807) is 12.1 Å². The molecule has 1 aliphatic heterocycles. The van der Waals surface area contributed by atoms with Crippen LogP contribution in [0.5, 0.6) is 17.2 Å². The molecule has 130 valence electrons. The number of carboxylic acid groups (broad SMARTS) is 1. The minimum absolute atomic E-state index is 0.0693. The Morgan fingerprint density at radius 1 is 1.28 bits per heavy atom. The standard InChI is InChI=1S/C16H14N2O7/c1-23-12-6-4-9(13(16(19)20)14(12)24-2)15-17-10-7-8(18(21)22)3-5-11(10)25-15/h3-7,15,17H,1-2H3,(H,19,20)/t15-/m1/s1. The molecule has 0 aromatic heterocycles. The van der Waals surface area contributed by atoms with Crippen molar-refractivity contribution in [3.63, 3.8) is 0 Å². The third-order valence-corrected chi connectivity index (χ3v) is 3.78. The number of fused-ring (bicyclic) bond motifs is 1. The van der Waals surface area contributed by atoms with Crippen molar-refractivity contribution < 1.29 is 29.0 Å². The molecule has 0 amide bonds. The van der Waals surface area contributed by atoms with E-state index < -0.39 is 17.1 Å². The highest BCUT2D eigenvalue weighted by molar-refractivity contribution is 5.94. The molecule has 1 atom stereocenters. The number of carboxylic acids is 1. The van der Waals surface area contributed by atoms with E-state index in [1.165, 1.54) is 32.4 Å². The maximum absolute atomic E-state index is 11.7. The number of anilines is 1. The summed E-state index contributed by atoms with van der Waals surface area (Å²) in [5.41, 5.74) is 0.511. The van der Waals surface area contributed by atoms with E-state index >= 15 is 0 Å². The number of nitrogens with zero attached hydrogens (tertiary/aromatic N) is 1. The van der Waals surface area contributed by atoms with Gasteiger partial charge in [-0.3, -0.25) is 10.1 Å². The molecule has 0 spiro atoms. The van der Waals surface area contributed by atoms with Crippen LogP contribution in [-0.4, -0.2) is 30.2 Å². The molecule has 0 saturated carbocycles. The third-order valence-electron chi connectivity index (χ3n) is 3.78. The molecule has 0 radical (unpaired) electrons. The Labute approximate surface area is 141 Å². The summed E-state index contributed by atoms with van der Waals surface area (Å²) in [4.78, 5) is 22.1. The lowest BCUT2D eigenvalue weighted by molar-refractivity contribution is -0.384. The number of nitrogens with one attached hydrogen (secondary N) is 1. The Kier molecular flexibility index (Phi) is 4.05. The zero-order valence-corrected chi connectivity index (χ0v) is 13.3. The minimum Gasteiger partial charge on any atom is -0.493 e. The first-order valence-corrected chi connectivity index (χ1v) is 7.16. The van der Waals surface area contributed by atoms with E-state index in [9.17, 15) is 20.0 Å². The normalized spacial score (nSPS) is 14.9. The van der Waals surface area contributed by atoms with Gasteiger partial charge in [-0.2, -0.15) is 0 Å². The van der Waals surface area contributed by atoms with E-state index in [-0.39, 0.29) is 22.7 Å². The van der Waals surface area contributed by atoms with Gasteiger partial charge in [0.2, 0.25) is 0 Å². The van der Waals surface area contributed by atoms with Crippen LogP contribution >= 0.6 is 0 Å². The lowest BCUT2D eigenvalue weighted by Crippen LogP contribution is -2.16. The van der Waals surface area contributed by atoms with Gasteiger partial charge >= 0.3 is 5.97 Å². The summed E-state index contributed by atoms with van der Waals surface area (Å²) in [6.07, 6.45) is -0.831. The zero-order valence-electron chi connectivity index (χ0n) is 13.3. The number of carbonyl (C=O) groups is 1. The molecule has 1 heterocycles. The molecule has 3 rings (SSSR count). The van der Waals surface area contributed by atoms with Crippen LogP contribution in [0.15, 0.2) is 30.3 Å². The molecule has 2 aromatic carbocycles. The molecule has 0 fully saturated rings. The first-order chi connectivity index (χ1) is 12.0. The highest BCUT2D eigenvalue weighted by atomic mass is 16.6. The number of nitro benzene ring substituents is 1. The van der Waals surface area contributed by atoms with Gasteiger partial charge in [0.1, 0.15) is 11.3 Å². The fraction of sp³-hybridized carbons (Fsp3) is 0.188. The quantitative estimate of drug-likeness (QED) is 0.626. The summed E-state index contributed by atoms with van der Waals surface area (Å²) < 4.78 is 16.0. The van der Waals surface area contributed by atoms with Crippen LogP contribution in [0.25, 0.3) is 0 Å². The van der Waals surface area contributed by atoms with Crippen molar-refractivity contribution in [2.24, 2.45) is 0 Å². The zero-order chi connectivity index (χ0) is 18.1. The van der Waals surface area contributed by atoms with Crippen LogP contribution in [0, 0.1) is 10.1 Å². The summed E-state index contributed by atoms with van der Waals surface area (Å²) in [6, 6.07) is 7.22. The fourth-order valence-electron chi connectivity index (χ4n) is 2.67. The largest absolute Gasteiger partial charge is 0.493 e. The molecule has 9 heteroatoms. The van der Waals surface area contributed by atoms with Gasteiger partial charge in [0.15, 0.2) is 17.7 Å². The maximum Gasteiger partial charge on any atom is 0.340 e. The average Bonchev–Trinajstić information content (AvgIpc) is 3.02. The topological polar surface area (TPSA) is 120 Å². The van der Waals surface area contributed by atoms with E-state index in [4.69, 9.17) is 14.2 Å². The van der Waals surface area contributed by atoms with Gasteiger partial charge in [-0.1, -0.05) is 0 Å². The number of hydrogen-bond donors (Lipinski definition) is 2. The second kappa shape index (κ2) is 6.19. The van der Waals surface area contributed by atoms with Crippen LogP contribution in [0.3, 0.4) is 0 Å². The second-order valence-corrected chi connectivity index (χ2v) is 5.15. The van der Waals surface area contributed by atoms with Gasteiger partial charge in [-0.25, -0.2) is 4.79 Å². The molecule has 9 nitrogen and oxygen atoms in total. The summed E-state index contributed by atoms with van der Waals surface area (Å²) >= 11 is 0. The van der Waals surface area contributed by atoms with E-state index in [1.807, 2.05) is 0 Å². The number of rotatable bonds is 5. The van der Waals surface area contributed by atoms with Crippen molar-refractivity contribution in [1.82, 2.24) is 0 Å². The first kappa shape index (κ1) is 16.4. The number of ether oxygens (including phenoxy) is 3. The molecule has 0 unspecified atom stereocenters. The van der Waals surface area contributed by atoms with Crippen molar-refractivity contribution in [2.75, 3.05) is 19.5 Å². The monoisotopic (exact) mass is 346 g/mol. The summed E-state index contributed by atoms with van der Waals surface area (Å²) in [5, 5.41) is 23.4. The van der Waals surface area contributed by atoms with E-state index in [0.717, 1.165) is 0 Å². The summed E-state index contributed by atoms with van der Waals surface area (Å²) in [7, 11) is 2.75. The second-order valence-electron chi connectivity index (χ2n) is 5.15. The van der Waals surface area contributed by atoms with E-state index in [2.05, 4.69) is 5.32 Å². The number of hydrogen-bond acceptors (Lipinski definition) is 7. The Hall–Kier alpha value is -3.49. The molecule has 2 N–H and O–H groups in total. The van der Waals surface area contributed by atoms with Gasteiger partial charge in [0, 0.05) is 17.7 Å².